The molecule has 1 heterocycles. The minimum absolute atomic E-state index is 0.110. The molecule has 0 aliphatic carbocycles. The Balaban J connectivity index is 1.86. The van der Waals surface area contributed by atoms with Gasteiger partial charge in [0, 0.05) is 19.3 Å². The topological polar surface area (TPSA) is 105 Å². The molecule has 0 saturated heterocycles. The Morgan fingerprint density at radius 1 is 1.14 bits per heavy atom. The van der Waals surface area contributed by atoms with E-state index in [2.05, 4.69) is 10.6 Å². The second-order valence-corrected chi connectivity index (χ2v) is 7.14. The Labute approximate surface area is 172 Å². The largest absolute Gasteiger partial charge is 0.452 e. The van der Waals surface area contributed by atoms with Crippen LogP contribution >= 0.6 is 11.3 Å². The number of nitrogens with zero attached hydrogens (tertiary/aromatic N) is 1. The second kappa shape index (κ2) is 11.0. The summed E-state index contributed by atoms with van der Waals surface area (Å²) < 4.78 is 5.03. The predicted molar refractivity (Wildman–Crippen MR) is 110 cm³/mol. The summed E-state index contributed by atoms with van der Waals surface area (Å²) in [6.07, 6.45) is 0.799. The lowest BCUT2D eigenvalue weighted by Crippen LogP contribution is -2.40. The number of amides is 3. The molecular weight excluding hydrogens is 394 g/mol. The van der Waals surface area contributed by atoms with Crippen molar-refractivity contribution in [2.75, 3.05) is 32.1 Å². The number of carbonyl (C=O) groups excluding carboxylic acids is 4. The van der Waals surface area contributed by atoms with Crippen LogP contribution in [0.4, 0.5) is 5.69 Å². The molecular formula is C20H23N3O5S. The number of ether oxygens (including phenoxy) is 1. The Kier molecular flexibility index (Phi) is 8.35. The second-order valence-electron chi connectivity index (χ2n) is 6.19. The van der Waals surface area contributed by atoms with E-state index in [0.717, 1.165) is 6.42 Å². The van der Waals surface area contributed by atoms with E-state index in [4.69, 9.17) is 4.74 Å². The standard InChI is InChI=1S/C20H23N3O5S/c1-3-9-21-17(24)12-23(2)18(25)13-28-20(27)14-6-4-7-15(11-14)22-19(26)16-8-5-10-29-16/h4-8,10-11H,3,9,12-13H2,1-2H3,(H,21,24)(H,22,26). The number of esters is 1. The van der Waals surface area contributed by atoms with E-state index in [1.54, 1.807) is 29.6 Å². The van der Waals surface area contributed by atoms with Gasteiger partial charge in [-0.25, -0.2) is 4.79 Å². The lowest BCUT2D eigenvalue weighted by molar-refractivity contribution is -0.137. The van der Waals surface area contributed by atoms with E-state index >= 15 is 0 Å². The summed E-state index contributed by atoms with van der Waals surface area (Å²) in [7, 11) is 1.46. The van der Waals surface area contributed by atoms with Crippen LogP contribution in [0.15, 0.2) is 41.8 Å². The molecule has 2 aromatic rings. The molecule has 0 unspecified atom stereocenters. The number of carbonyl (C=O) groups is 4. The number of hydrogen-bond donors (Lipinski definition) is 2. The minimum atomic E-state index is -0.700. The van der Waals surface area contributed by atoms with Crippen molar-refractivity contribution in [3.63, 3.8) is 0 Å². The molecule has 1 aromatic heterocycles. The fourth-order valence-corrected chi connectivity index (χ4v) is 2.89. The SMILES string of the molecule is CCCNC(=O)CN(C)C(=O)COC(=O)c1cccc(NC(=O)c2cccs2)c1. The van der Waals surface area contributed by atoms with Crippen molar-refractivity contribution >= 4 is 40.7 Å². The van der Waals surface area contributed by atoms with Crippen molar-refractivity contribution in [1.82, 2.24) is 10.2 Å². The molecule has 2 rings (SSSR count). The molecule has 3 amide bonds. The van der Waals surface area contributed by atoms with Crippen LogP contribution in [0, 0.1) is 0 Å². The zero-order valence-corrected chi connectivity index (χ0v) is 17.1. The number of rotatable bonds is 9. The maximum absolute atomic E-state index is 12.2. The fourth-order valence-electron chi connectivity index (χ4n) is 2.27. The number of hydrogen-bond acceptors (Lipinski definition) is 6. The zero-order valence-electron chi connectivity index (χ0n) is 16.3. The van der Waals surface area contributed by atoms with E-state index in [1.807, 2.05) is 6.92 Å². The van der Waals surface area contributed by atoms with E-state index in [1.165, 1.54) is 35.4 Å². The molecule has 0 saturated carbocycles. The first kappa shape index (κ1) is 22.1. The third kappa shape index (κ3) is 7.04. The van der Waals surface area contributed by atoms with Crippen molar-refractivity contribution in [2.24, 2.45) is 0 Å². The van der Waals surface area contributed by atoms with Crippen molar-refractivity contribution < 1.29 is 23.9 Å². The highest BCUT2D eigenvalue weighted by molar-refractivity contribution is 7.12. The van der Waals surface area contributed by atoms with Crippen molar-refractivity contribution in [3.05, 3.63) is 52.2 Å². The van der Waals surface area contributed by atoms with Crippen LogP contribution in [0.25, 0.3) is 0 Å². The van der Waals surface area contributed by atoms with Gasteiger partial charge in [-0.15, -0.1) is 11.3 Å². The summed E-state index contributed by atoms with van der Waals surface area (Å²) >= 11 is 1.31. The van der Waals surface area contributed by atoms with Crippen LogP contribution in [-0.4, -0.2) is 55.3 Å². The van der Waals surface area contributed by atoms with Crippen molar-refractivity contribution in [3.8, 4) is 0 Å². The maximum Gasteiger partial charge on any atom is 0.338 e. The van der Waals surface area contributed by atoms with Gasteiger partial charge in [0.1, 0.15) is 0 Å². The van der Waals surface area contributed by atoms with Gasteiger partial charge in [0.15, 0.2) is 6.61 Å². The molecule has 0 aliphatic rings. The molecule has 0 bridgehead atoms. The molecule has 8 nitrogen and oxygen atoms in total. The Morgan fingerprint density at radius 3 is 2.62 bits per heavy atom. The highest BCUT2D eigenvalue weighted by atomic mass is 32.1. The van der Waals surface area contributed by atoms with Gasteiger partial charge in [-0.3, -0.25) is 14.4 Å². The number of likely N-dealkylation sites (N-methyl/N-ethyl adjacent to an activating group) is 1. The third-order valence-electron chi connectivity index (χ3n) is 3.81. The fraction of sp³-hybridized carbons (Fsp3) is 0.300. The van der Waals surface area contributed by atoms with E-state index in [9.17, 15) is 19.2 Å². The molecule has 9 heteroatoms. The van der Waals surface area contributed by atoms with Crippen LogP contribution in [0.1, 0.15) is 33.4 Å². The van der Waals surface area contributed by atoms with Gasteiger partial charge in [-0.1, -0.05) is 19.1 Å². The van der Waals surface area contributed by atoms with Gasteiger partial charge in [0.2, 0.25) is 5.91 Å². The first-order valence-corrected chi connectivity index (χ1v) is 9.91. The van der Waals surface area contributed by atoms with Gasteiger partial charge < -0.3 is 20.3 Å². The smallest absolute Gasteiger partial charge is 0.338 e. The molecule has 0 aliphatic heterocycles. The summed E-state index contributed by atoms with van der Waals surface area (Å²) in [5.74, 6) is -1.74. The summed E-state index contributed by atoms with van der Waals surface area (Å²) in [5.41, 5.74) is 0.638. The summed E-state index contributed by atoms with van der Waals surface area (Å²) in [5, 5.41) is 7.17. The van der Waals surface area contributed by atoms with Crippen LogP contribution in [0.5, 0.6) is 0 Å². The number of nitrogens with one attached hydrogen (secondary N) is 2. The Morgan fingerprint density at radius 2 is 1.93 bits per heavy atom. The normalized spacial score (nSPS) is 10.1. The first-order valence-electron chi connectivity index (χ1n) is 9.03. The molecule has 154 valence electrons. The number of benzene rings is 1. The van der Waals surface area contributed by atoms with Crippen LogP contribution < -0.4 is 10.6 Å². The number of thiophene rings is 1. The monoisotopic (exact) mass is 417 g/mol. The highest BCUT2D eigenvalue weighted by Crippen LogP contribution is 2.15. The van der Waals surface area contributed by atoms with Gasteiger partial charge >= 0.3 is 5.97 Å². The molecule has 0 fully saturated rings. The predicted octanol–water partition coefficient (Wildman–Crippen LogP) is 2.14. The van der Waals surface area contributed by atoms with Crippen LogP contribution in [0.3, 0.4) is 0 Å². The van der Waals surface area contributed by atoms with Crippen LogP contribution in [-0.2, 0) is 14.3 Å². The quantitative estimate of drug-likeness (QED) is 0.608. The molecule has 1 aromatic carbocycles. The Bertz CT molecular complexity index is 867. The van der Waals surface area contributed by atoms with Crippen molar-refractivity contribution in [2.45, 2.75) is 13.3 Å². The van der Waals surface area contributed by atoms with E-state index < -0.39 is 18.5 Å². The first-order chi connectivity index (χ1) is 13.9. The lowest BCUT2D eigenvalue weighted by atomic mass is 10.2. The number of anilines is 1. The summed E-state index contributed by atoms with van der Waals surface area (Å²) in [6, 6.07) is 9.72. The third-order valence-corrected chi connectivity index (χ3v) is 4.68. The van der Waals surface area contributed by atoms with E-state index in [0.29, 0.717) is 17.1 Å². The highest BCUT2D eigenvalue weighted by Gasteiger charge is 2.16. The minimum Gasteiger partial charge on any atom is -0.452 e. The Hall–Kier alpha value is -3.20. The average molecular weight is 417 g/mol. The molecule has 0 atom stereocenters. The van der Waals surface area contributed by atoms with E-state index in [-0.39, 0.29) is 23.9 Å². The van der Waals surface area contributed by atoms with Gasteiger partial charge in [0.05, 0.1) is 17.0 Å². The van der Waals surface area contributed by atoms with Gasteiger partial charge in [-0.05, 0) is 36.1 Å². The van der Waals surface area contributed by atoms with Gasteiger partial charge in [-0.2, -0.15) is 0 Å². The molecule has 29 heavy (non-hydrogen) atoms. The molecule has 0 spiro atoms. The van der Waals surface area contributed by atoms with Crippen molar-refractivity contribution in [1.29, 1.82) is 0 Å². The summed E-state index contributed by atoms with van der Waals surface area (Å²) in [4.78, 5) is 49.7. The molecule has 2 N–H and O–H groups in total. The average Bonchev–Trinajstić information content (AvgIpc) is 3.25. The maximum atomic E-state index is 12.2. The lowest BCUT2D eigenvalue weighted by Gasteiger charge is -2.16. The summed E-state index contributed by atoms with van der Waals surface area (Å²) in [6.45, 7) is 1.87. The van der Waals surface area contributed by atoms with Crippen LogP contribution in [0.2, 0.25) is 0 Å². The zero-order chi connectivity index (χ0) is 21.2. The van der Waals surface area contributed by atoms with Gasteiger partial charge in [0.25, 0.3) is 11.8 Å². The molecule has 0 radical (unpaired) electrons.